The van der Waals surface area contributed by atoms with Crippen LogP contribution in [-0.4, -0.2) is 65.7 Å². The zero-order chi connectivity index (χ0) is 39.8. The van der Waals surface area contributed by atoms with Crippen molar-refractivity contribution in [2.45, 2.75) is 187 Å². The molecule has 0 radical (unpaired) electrons. The normalized spacial score (nSPS) is 14.4. The van der Waals surface area contributed by atoms with Gasteiger partial charge >= 0.3 is 19.8 Å². The number of carbonyl (C=O) groups excluding carboxylic acids is 2. The van der Waals surface area contributed by atoms with Crippen LogP contribution >= 0.6 is 7.82 Å². The standard InChI is InChI=1S/C43H77O10P/c1-3-5-7-9-11-13-15-17-19-21-22-24-26-28-30-32-34-42(46)50-38-41(39-52-54(48,49)51-37-40(45)36-44)53-43(47)35-33-31-29-27-25-23-20-18-16-14-12-10-8-6-4-2/h6,8,12,14,18-21,40-41,44-45H,3-5,7,9-11,13,15-17,22-39H2,1-2H3,(H,48,49)/b8-6-,14-12-,20-18-,21-19-/t40-,41+/m0/s1. The number of phosphoric acid groups is 1. The summed E-state index contributed by atoms with van der Waals surface area (Å²) < 4.78 is 32.7. The second kappa shape index (κ2) is 39.2. The molecule has 0 saturated heterocycles. The Kier molecular flexibility index (Phi) is 37.7. The first-order chi connectivity index (χ1) is 26.2. The van der Waals surface area contributed by atoms with E-state index in [0.29, 0.717) is 12.8 Å². The molecule has 0 spiro atoms. The van der Waals surface area contributed by atoms with Crippen molar-refractivity contribution in [3.05, 3.63) is 48.6 Å². The molecular formula is C43H77O10P. The van der Waals surface area contributed by atoms with Crippen LogP contribution in [0.3, 0.4) is 0 Å². The van der Waals surface area contributed by atoms with Gasteiger partial charge < -0.3 is 24.6 Å². The Morgan fingerprint density at radius 3 is 1.56 bits per heavy atom. The molecule has 0 fully saturated rings. The number of ether oxygens (including phenoxy) is 2. The lowest BCUT2D eigenvalue weighted by atomic mass is 10.1. The van der Waals surface area contributed by atoms with E-state index in [4.69, 9.17) is 19.1 Å². The van der Waals surface area contributed by atoms with E-state index in [1.54, 1.807) is 0 Å². The minimum Gasteiger partial charge on any atom is -0.462 e. The first-order valence-electron chi connectivity index (χ1n) is 21.1. The lowest BCUT2D eigenvalue weighted by Gasteiger charge is -2.20. The molecule has 11 heteroatoms. The number of esters is 2. The van der Waals surface area contributed by atoms with Gasteiger partial charge in [-0.1, -0.05) is 140 Å². The average molecular weight is 785 g/mol. The number of allylic oxidation sites excluding steroid dienone is 8. The van der Waals surface area contributed by atoms with E-state index in [1.165, 1.54) is 51.4 Å². The van der Waals surface area contributed by atoms with Gasteiger partial charge in [0.2, 0.25) is 0 Å². The summed E-state index contributed by atoms with van der Waals surface area (Å²) in [7, 11) is -4.62. The molecule has 1 unspecified atom stereocenters. The molecule has 0 saturated carbocycles. The molecule has 3 N–H and O–H groups in total. The SMILES string of the molecule is CC/C=C\C/C=C\C/C=C\CCCCCCCC(=O)O[C@H](COC(=O)CCCCCCC/C=C\CCCCCCCCC)COP(=O)(O)OC[C@@H](O)CO. The predicted octanol–water partition coefficient (Wildman–Crippen LogP) is 10.9. The Morgan fingerprint density at radius 2 is 1.02 bits per heavy atom. The van der Waals surface area contributed by atoms with E-state index in [0.717, 1.165) is 83.5 Å². The number of carbonyl (C=O) groups is 2. The van der Waals surface area contributed by atoms with Gasteiger partial charge in [0.1, 0.15) is 12.7 Å². The minimum absolute atomic E-state index is 0.162. The topological polar surface area (TPSA) is 149 Å². The molecule has 0 aliphatic rings. The van der Waals surface area contributed by atoms with Gasteiger partial charge in [0.25, 0.3) is 0 Å². The van der Waals surface area contributed by atoms with Crippen molar-refractivity contribution in [2.75, 3.05) is 26.4 Å². The molecule has 0 aromatic carbocycles. The van der Waals surface area contributed by atoms with E-state index in [2.05, 4.69) is 67.0 Å². The quantitative estimate of drug-likeness (QED) is 0.0238. The van der Waals surface area contributed by atoms with Crippen molar-refractivity contribution in [3.8, 4) is 0 Å². The van der Waals surface area contributed by atoms with Crippen LogP contribution in [0.15, 0.2) is 48.6 Å². The molecule has 0 amide bonds. The number of hydrogen-bond donors (Lipinski definition) is 3. The summed E-state index contributed by atoms with van der Waals surface area (Å²) in [5, 5.41) is 18.3. The molecule has 10 nitrogen and oxygen atoms in total. The number of hydrogen-bond acceptors (Lipinski definition) is 9. The summed E-state index contributed by atoms with van der Waals surface area (Å²) in [5.74, 6) is -0.956. The van der Waals surface area contributed by atoms with Crippen LogP contribution in [-0.2, 0) is 32.7 Å². The summed E-state index contributed by atoms with van der Waals surface area (Å²) in [6, 6.07) is 0. The molecule has 0 rings (SSSR count). The van der Waals surface area contributed by atoms with Gasteiger partial charge in [0.15, 0.2) is 6.10 Å². The van der Waals surface area contributed by atoms with Gasteiger partial charge in [0, 0.05) is 12.8 Å². The zero-order valence-corrected chi connectivity index (χ0v) is 34.8. The molecule has 0 aromatic rings. The zero-order valence-electron chi connectivity index (χ0n) is 33.9. The third-order valence-electron chi connectivity index (χ3n) is 8.72. The molecule has 0 heterocycles. The van der Waals surface area contributed by atoms with Crippen molar-refractivity contribution in [3.63, 3.8) is 0 Å². The summed E-state index contributed by atoms with van der Waals surface area (Å²) in [6.45, 7) is 2.23. The highest BCUT2D eigenvalue weighted by Gasteiger charge is 2.27. The van der Waals surface area contributed by atoms with Gasteiger partial charge in [-0.15, -0.1) is 0 Å². The Morgan fingerprint density at radius 1 is 0.574 bits per heavy atom. The largest absolute Gasteiger partial charge is 0.472 e. The smallest absolute Gasteiger partial charge is 0.462 e. The molecule has 0 aliphatic carbocycles. The van der Waals surface area contributed by atoms with Crippen molar-refractivity contribution in [2.24, 2.45) is 0 Å². The Bertz CT molecular complexity index is 1040. The lowest BCUT2D eigenvalue weighted by molar-refractivity contribution is -0.161. The molecular weight excluding hydrogens is 707 g/mol. The highest BCUT2D eigenvalue weighted by Crippen LogP contribution is 2.43. The Balaban J connectivity index is 4.35. The number of unbranched alkanes of at least 4 members (excludes halogenated alkanes) is 17. The fourth-order valence-corrected chi connectivity index (χ4v) is 6.26. The fourth-order valence-electron chi connectivity index (χ4n) is 5.47. The molecule has 3 atom stereocenters. The average Bonchev–Trinajstić information content (AvgIpc) is 3.16. The van der Waals surface area contributed by atoms with Crippen molar-refractivity contribution >= 4 is 19.8 Å². The number of aliphatic hydroxyl groups is 2. The highest BCUT2D eigenvalue weighted by atomic mass is 31.2. The Hall–Kier alpha value is -2.07. The third-order valence-corrected chi connectivity index (χ3v) is 9.67. The number of aliphatic hydroxyl groups excluding tert-OH is 2. The van der Waals surface area contributed by atoms with E-state index < -0.39 is 51.8 Å². The maximum Gasteiger partial charge on any atom is 0.472 e. The van der Waals surface area contributed by atoms with Crippen LogP contribution in [0.2, 0.25) is 0 Å². The number of rotatable bonds is 39. The molecule has 0 aliphatic heterocycles. The van der Waals surface area contributed by atoms with Crippen LogP contribution in [0.4, 0.5) is 0 Å². The van der Waals surface area contributed by atoms with E-state index in [1.807, 2.05) is 0 Å². The summed E-state index contributed by atoms with van der Waals surface area (Å²) in [4.78, 5) is 34.9. The van der Waals surface area contributed by atoms with Crippen LogP contribution < -0.4 is 0 Å². The van der Waals surface area contributed by atoms with Gasteiger partial charge in [-0.25, -0.2) is 4.57 Å². The maximum atomic E-state index is 12.6. The van der Waals surface area contributed by atoms with Crippen molar-refractivity contribution in [1.29, 1.82) is 0 Å². The highest BCUT2D eigenvalue weighted by molar-refractivity contribution is 7.47. The predicted molar refractivity (Wildman–Crippen MR) is 219 cm³/mol. The third kappa shape index (κ3) is 38.2. The summed E-state index contributed by atoms with van der Waals surface area (Å²) in [5.41, 5.74) is 0. The molecule has 54 heavy (non-hydrogen) atoms. The minimum atomic E-state index is -4.62. The van der Waals surface area contributed by atoms with Gasteiger partial charge in [-0.2, -0.15) is 0 Å². The van der Waals surface area contributed by atoms with E-state index in [9.17, 15) is 24.2 Å². The van der Waals surface area contributed by atoms with Gasteiger partial charge in [0.05, 0.1) is 19.8 Å². The van der Waals surface area contributed by atoms with Crippen LogP contribution in [0.5, 0.6) is 0 Å². The van der Waals surface area contributed by atoms with Crippen LogP contribution in [0.25, 0.3) is 0 Å². The summed E-state index contributed by atoms with van der Waals surface area (Å²) >= 11 is 0. The first kappa shape index (κ1) is 51.9. The van der Waals surface area contributed by atoms with Gasteiger partial charge in [-0.05, 0) is 70.6 Å². The molecule has 314 valence electrons. The monoisotopic (exact) mass is 785 g/mol. The van der Waals surface area contributed by atoms with Crippen molar-refractivity contribution in [1.82, 2.24) is 0 Å². The second-order valence-corrected chi connectivity index (χ2v) is 15.4. The van der Waals surface area contributed by atoms with Crippen molar-refractivity contribution < 1.29 is 47.8 Å². The van der Waals surface area contributed by atoms with Gasteiger partial charge in [-0.3, -0.25) is 18.6 Å². The Labute approximate surface area is 328 Å². The maximum absolute atomic E-state index is 12.6. The fraction of sp³-hybridized carbons (Fsp3) is 0.767. The van der Waals surface area contributed by atoms with E-state index in [-0.39, 0.29) is 19.4 Å². The molecule has 0 aromatic heterocycles. The second-order valence-electron chi connectivity index (χ2n) is 14.0. The number of phosphoric ester groups is 1. The molecule has 0 bridgehead atoms. The van der Waals surface area contributed by atoms with E-state index >= 15 is 0 Å². The van der Waals surface area contributed by atoms with Crippen LogP contribution in [0.1, 0.15) is 174 Å². The van der Waals surface area contributed by atoms with Crippen LogP contribution in [0, 0.1) is 0 Å². The summed E-state index contributed by atoms with van der Waals surface area (Å²) in [6.07, 6.45) is 40.7. The lowest BCUT2D eigenvalue weighted by Crippen LogP contribution is -2.29. The first-order valence-corrected chi connectivity index (χ1v) is 22.6.